The first kappa shape index (κ1) is 21.8. The van der Waals surface area contributed by atoms with Crippen LogP contribution in [-0.4, -0.2) is 53.5 Å². The summed E-state index contributed by atoms with van der Waals surface area (Å²) in [6, 6.07) is 19.8. The molecule has 0 aliphatic carbocycles. The number of carbonyl (C=O) groups is 1. The Morgan fingerprint density at radius 3 is 2.54 bits per heavy atom. The maximum atomic E-state index is 13.4. The van der Waals surface area contributed by atoms with E-state index in [-0.39, 0.29) is 16.7 Å². The summed E-state index contributed by atoms with van der Waals surface area (Å²) in [7, 11) is -3.75. The van der Waals surface area contributed by atoms with Crippen LogP contribution in [0.2, 0.25) is 0 Å². The van der Waals surface area contributed by atoms with Crippen molar-refractivity contribution in [3.63, 3.8) is 0 Å². The fourth-order valence-corrected chi connectivity index (χ4v) is 6.69. The van der Waals surface area contributed by atoms with Crippen LogP contribution in [0.1, 0.15) is 40.5 Å². The summed E-state index contributed by atoms with van der Waals surface area (Å²) in [5.41, 5.74) is 2.95. The number of aromatic nitrogens is 3. The average Bonchev–Trinajstić information content (AvgIpc) is 3.53. The number of anilines is 1. The lowest BCUT2D eigenvalue weighted by molar-refractivity contribution is 0.0710. The highest BCUT2D eigenvalue weighted by Crippen LogP contribution is 2.33. The lowest BCUT2D eigenvalue weighted by atomic mass is 9.95. The highest BCUT2D eigenvalue weighted by Gasteiger charge is 2.32. The second kappa shape index (κ2) is 8.49. The zero-order chi connectivity index (χ0) is 24.0. The van der Waals surface area contributed by atoms with Gasteiger partial charge in [0.1, 0.15) is 5.82 Å². The number of benzene rings is 2. The topological polar surface area (TPSA) is 87.9 Å². The van der Waals surface area contributed by atoms with Crippen LogP contribution >= 0.6 is 0 Å². The molecule has 1 amide bonds. The van der Waals surface area contributed by atoms with Gasteiger partial charge in [0.25, 0.3) is 15.9 Å². The summed E-state index contributed by atoms with van der Waals surface area (Å²) in [5, 5.41) is 8.62. The van der Waals surface area contributed by atoms with Gasteiger partial charge < -0.3 is 4.90 Å². The maximum absolute atomic E-state index is 13.4. The molecule has 2 aliphatic rings. The molecule has 8 nitrogen and oxygen atoms in total. The molecule has 178 valence electrons. The van der Waals surface area contributed by atoms with E-state index < -0.39 is 10.0 Å². The fraction of sp³-hybridized carbons (Fsp3) is 0.269. The first-order valence-corrected chi connectivity index (χ1v) is 13.3. The largest absolute Gasteiger partial charge is 0.339 e. The molecule has 0 atom stereocenters. The molecule has 2 aliphatic heterocycles. The number of rotatable bonds is 4. The minimum absolute atomic E-state index is 0.143. The van der Waals surface area contributed by atoms with Crippen molar-refractivity contribution in [2.75, 3.05) is 23.9 Å². The van der Waals surface area contributed by atoms with Gasteiger partial charge in [0.15, 0.2) is 5.65 Å². The summed E-state index contributed by atoms with van der Waals surface area (Å²) in [6.45, 7) is 1.58. The van der Waals surface area contributed by atoms with Gasteiger partial charge in [0.2, 0.25) is 0 Å². The number of sulfonamides is 1. The smallest absolute Gasteiger partial charge is 0.264 e. The molecule has 4 heterocycles. The van der Waals surface area contributed by atoms with Gasteiger partial charge in [-0.2, -0.15) is 0 Å². The number of amides is 1. The molecule has 0 radical (unpaired) electrons. The first-order chi connectivity index (χ1) is 17.0. The molecular formula is C26H25N5O3S. The average molecular weight is 488 g/mol. The zero-order valence-electron chi connectivity index (χ0n) is 19.1. The Kier molecular flexibility index (Phi) is 5.29. The predicted octanol–water partition coefficient (Wildman–Crippen LogP) is 3.50. The van der Waals surface area contributed by atoms with E-state index in [1.807, 2.05) is 53.1 Å². The third-order valence-electron chi connectivity index (χ3n) is 7.00. The normalized spacial score (nSPS) is 16.6. The van der Waals surface area contributed by atoms with E-state index in [0.717, 1.165) is 29.9 Å². The van der Waals surface area contributed by atoms with E-state index in [1.165, 1.54) is 10.4 Å². The van der Waals surface area contributed by atoms with Crippen molar-refractivity contribution in [3.05, 3.63) is 89.9 Å². The van der Waals surface area contributed by atoms with E-state index in [2.05, 4.69) is 10.2 Å². The number of nitrogens with zero attached hydrogens (tertiary/aromatic N) is 5. The summed E-state index contributed by atoms with van der Waals surface area (Å²) in [6.07, 6.45) is 4.21. The van der Waals surface area contributed by atoms with Crippen molar-refractivity contribution in [1.82, 2.24) is 19.5 Å². The third-order valence-corrected chi connectivity index (χ3v) is 8.81. The molecule has 4 aromatic rings. The summed E-state index contributed by atoms with van der Waals surface area (Å²) in [5.74, 6) is 0.999. The zero-order valence-corrected chi connectivity index (χ0v) is 19.9. The Bertz CT molecular complexity index is 1520. The minimum atomic E-state index is -3.75. The number of fused-ring (bicyclic) bond motifs is 2. The lowest BCUT2D eigenvalue weighted by Gasteiger charge is -2.31. The molecule has 0 N–H and O–H groups in total. The number of carbonyl (C=O) groups excluding carboxylic acids is 1. The molecule has 2 aromatic carbocycles. The first-order valence-electron chi connectivity index (χ1n) is 11.8. The molecule has 2 aromatic heterocycles. The van der Waals surface area contributed by atoms with Gasteiger partial charge in [0.05, 0.1) is 10.6 Å². The summed E-state index contributed by atoms with van der Waals surface area (Å²) in [4.78, 5) is 15.2. The number of likely N-dealkylation sites (tertiary alicyclic amines) is 1. The van der Waals surface area contributed by atoms with Crippen LogP contribution < -0.4 is 4.31 Å². The van der Waals surface area contributed by atoms with Gasteiger partial charge in [-0.05, 0) is 61.2 Å². The third kappa shape index (κ3) is 3.76. The second-order valence-electron chi connectivity index (χ2n) is 9.04. The quantitative estimate of drug-likeness (QED) is 0.440. The molecule has 0 spiro atoms. The standard InChI is InChI=1S/C26H25N5O3S/c32-26(29-15-11-20(12-16-29)25-28-27-24-10-3-4-14-30(24)25)21-7-5-8-22(18-21)35(33,34)31-17-13-19-6-1-2-9-23(19)31/h1-10,14,18,20H,11-13,15-17H2. The molecule has 0 unspecified atom stereocenters. The van der Waals surface area contributed by atoms with Crippen LogP contribution in [-0.2, 0) is 16.4 Å². The Morgan fingerprint density at radius 1 is 0.886 bits per heavy atom. The van der Waals surface area contributed by atoms with Crippen molar-refractivity contribution in [1.29, 1.82) is 0 Å². The van der Waals surface area contributed by atoms with E-state index in [1.54, 1.807) is 23.1 Å². The van der Waals surface area contributed by atoms with Gasteiger partial charge in [-0.15, -0.1) is 10.2 Å². The molecule has 35 heavy (non-hydrogen) atoms. The van der Waals surface area contributed by atoms with Crippen LogP contribution in [0.15, 0.2) is 77.8 Å². The molecule has 0 bridgehead atoms. The molecule has 6 rings (SSSR count). The highest BCUT2D eigenvalue weighted by molar-refractivity contribution is 7.92. The molecule has 0 saturated carbocycles. The van der Waals surface area contributed by atoms with Crippen molar-refractivity contribution >= 4 is 27.3 Å². The number of piperidine rings is 1. The number of hydrogen-bond acceptors (Lipinski definition) is 5. The van der Waals surface area contributed by atoms with Crippen molar-refractivity contribution in [3.8, 4) is 0 Å². The molecular weight excluding hydrogens is 462 g/mol. The predicted molar refractivity (Wildman–Crippen MR) is 132 cm³/mol. The Morgan fingerprint density at radius 2 is 1.69 bits per heavy atom. The Hall–Kier alpha value is -3.72. The van der Waals surface area contributed by atoms with Gasteiger partial charge in [0, 0.05) is 37.3 Å². The van der Waals surface area contributed by atoms with Crippen LogP contribution in [0.4, 0.5) is 5.69 Å². The minimum Gasteiger partial charge on any atom is -0.339 e. The van der Waals surface area contributed by atoms with Crippen molar-refractivity contribution in [2.45, 2.75) is 30.1 Å². The number of pyridine rings is 1. The van der Waals surface area contributed by atoms with Crippen molar-refractivity contribution in [2.24, 2.45) is 0 Å². The lowest BCUT2D eigenvalue weighted by Crippen LogP contribution is -2.38. The highest BCUT2D eigenvalue weighted by atomic mass is 32.2. The molecule has 1 fully saturated rings. The van der Waals surface area contributed by atoms with Crippen LogP contribution in [0, 0.1) is 0 Å². The monoisotopic (exact) mass is 487 g/mol. The number of para-hydroxylation sites is 1. The SMILES string of the molecule is O=C(c1cccc(S(=O)(=O)N2CCc3ccccc32)c1)N1CCC(c2nnc3ccccn23)CC1. The molecule has 9 heteroatoms. The fourth-order valence-electron chi connectivity index (χ4n) is 5.14. The van der Waals surface area contributed by atoms with Crippen LogP contribution in [0.5, 0.6) is 0 Å². The van der Waals surface area contributed by atoms with E-state index in [4.69, 9.17) is 0 Å². The summed E-state index contributed by atoms with van der Waals surface area (Å²) < 4.78 is 30.3. The molecule has 1 saturated heterocycles. The van der Waals surface area contributed by atoms with E-state index >= 15 is 0 Å². The van der Waals surface area contributed by atoms with E-state index in [0.29, 0.717) is 37.3 Å². The van der Waals surface area contributed by atoms with E-state index in [9.17, 15) is 13.2 Å². The van der Waals surface area contributed by atoms with Crippen LogP contribution in [0.3, 0.4) is 0 Å². The van der Waals surface area contributed by atoms with Gasteiger partial charge in [-0.25, -0.2) is 8.42 Å². The summed E-state index contributed by atoms with van der Waals surface area (Å²) >= 11 is 0. The Balaban J connectivity index is 1.19. The maximum Gasteiger partial charge on any atom is 0.264 e. The van der Waals surface area contributed by atoms with Gasteiger partial charge in [-0.3, -0.25) is 13.5 Å². The van der Waals surface area contributed by atoms with Gasteiger partial charge in [-0.1, -0.05) is 30.3 Å². The van der Waals surface area contributed by atoms with Crippen molar-refractivity contribution < 1.29 is 13.2 Å². The Labute approximate surface area is 203 Å². The second-order valence-corrected chi connectivity index (χ2v) is 10.9. The van der Waals surface area contributed by atoms with Crippen LogP contribution in [0.25, 0.3) is 5.65 Å². The van der Waals surface area contributed by atoms with Gasteiger partial charge >= 0.3 is 0 Å². The number of hydrogen-bond donors (Lipinski definition) is 0.